The molecule has 1 fully saturated rings. The van der Waals surface area contributed by atoms with Gasteiger partial charge in [-0.2, -0.15) is 13.2 Å². The van der Waals surface area contributed by atoms with Crippen molar-refractivity contribution in [3.63, 3.8) is 0 Å². The topological polar surface area (TPSA) is 62.1 Å². The maximum absolute atomic E-state index is 13.4. The molecule has 0 bridgehead atoms. The van der Waals surface area contributed by atoms with E-state index in [1.807, 2.05) is 23.1 Å². The van der Waals surface area contributed by atoms with E-state index in [0.29, 0.717) is 16.9 Å². The smallest absolute Gasteiger partial charge is 0.416 e. The van der Waals surface area contributed by atoms with Crippen molar-refractivity contribution in [2.75, 3.05) is 0 Å². The number of para-hydroxylation sites is 1. The summed E-state index contributed by atoms with van der Waals surface area (Å²) in [6, 6.07) is 13.0. The van der Waals surface area contributed by atoms with Crippen LogP contribution in [-0.4, -0.2) is 20.9 Å². The van der Waals surface area contributed by atoms with E-state index < -0.39 is 17.3 Å². The summed E-state index contributed by atoms with van der Waals surface area (Å²) in [6.45, 7) is 0.385. The third-order valence-corrected chi connectivity index (χ3v) is 5.39. The maximum atomic E-state index is 13.4. The Kier molecular flexibility index (Phi) is 4.39. The molecule has 154 valence electrons. The van der Waals surface area contributed by atoms with Crippen LogP contribution in [0.25, 0.3) is 22.1 Å². The fraction of sp³-hybridized carbons (Fsp3) is 0.273. The minimum absolute atomic E-state index is 0.133. The van der Waals surface area contributed by atoms with E-state index in [2.05, 4.69) is 9.97 Å². The molecule has 5 nitrogen and oxygen atoms in total. The largest absolute Gasteiger partial charge is 0.449 e. The number of aromatic nitrogens is 2. The highest BCUT2D eigenvalue weighted by Gasteiger charge is 2.35. The third kappa shape index (κ3) is 3.47. The van der Waals surface area contributed by atoms with Crippen LogP contribution in [0, 0.1) is 0 Å². The van der Waals surface area contributed by atoms with Gasteiger partial charge in [0, 0.05) is 18.0 Å². The number of rotatable bonds is 5. The van der Waals surface area contributed by atoms with Crippen molar-refractivity contribution >= 4 is 22.1 Å². The van der Waals surface area contributed by atoms with Crippen molar-refractivity contribution in [3.05, 3.63) is 75.8 Å². The molecule has 2 aromatic heterocycles. The lowest BCUT2D eigenvalue weighted by Crippen LogP contribution is -2.28. The molecule has 2 aromatic carbocycles. The van der Waals surface area contributed by atoms with Crippen molar-refractivity contribution in [2.24, 2.45) is 0 Å². The monoisotopic (exact) mass is 413 g/mol. The molecule has 0 amide bonds. The highest BCUT2D eigenvalue weighted by atomic mass is 19.4. The number of aromatic amines is 1. The van der Waals surface area contributed by atoms with Crippen LogP contribution in [0.5, 0.6) is 0 Å². The summed E-state index contributed by atoms with van der Waals surface area (Å²) in [6.07, 6.45) is -2.59. The fourth-order valence-electron chi connectivity index (χ4n) is 3.82. The molecule has 1 aliphatic carbocycles. The summed E-state index contributed by atoms with van der Waals surface area (Å²) in [5.41, 5.74) is 0.386. The number of benzene rings is 2. The van der Waals surface area contributed by atoms with Gasteiger partial charge in [-0.1, -0.05) is 30.3 Å². The van der Waals surface area contributed by atoms with E-state index in [1.54, 1.807) is 12.1 Å². The lowest BCUT2D eigenvalue weighted by Gasteiger charge is -2.23. The summed E-state index contributed by atoms with van der Waals surface area (Å²) in [7, 11) is 0. The first-order valence-electron chi connectivity index (χ1n) is 9.70. The van der Waals surface area contributed by atoms with Gasteiger partial charge in [0.2, 0.25) is 5.58 Å². The van der Waals surface area contributed by atoms with Gasteiger partial charge in [0.15, 0.2) is 0 Å². The predicted octanol–water partition coefficient (Wildman–Crippen LogP) is 4.85. The van der Waals surface area contributed by atoms with Crippen LogP contribution >= 0.6 is 0 Å². The Labute approximate surface area is 169 Å². The summed E-state index contributed by atoms with van der Waals surface area (Å²) in [5, 5.41) is 0.736. The van der Waals surface area contributed by atoms with Gasteiger partial charge in [0.1, 0.15) is 16.9 Å². The van der Waals surface area contributed by atoms with Gasteiger partial charge in [-0.05, 0) is 36.6 Å². The number of halogens is 3. The first-order valence-corrected chi connectivity index (χ1v) is 9.70. The van der Waals surface area contributed by atoms with Crippen LogP contribution in [0.3, 0.4) is 0 Å². The van der Waals surface area contributed by atoms with E-state index in [1.165, 1.54) is 12.1 Å². The molecule has 8 heteroatoms. The average Bonchev–Trinajstić information content (AvgIpc) is 3.49. The first-order chi connectivity index (χ1) is 14.4. The van der Waals surface area contributed by atoms with Gasteiger partial charge in [-0.15, -0.1) is 0 Å². The van der Waals surface area contributed by atoms with E-state index in [0.717, 1.165) is 24.3 Å². The highest BCUT2D eigenvalue weighted by Crippen LogP contribution is 2.35. The molecule has 30 heavy (non-hydrogen) atoms. The van der Waals surface area contributed by atoms with Crippen molar-refractivity contribution in [1.82, 2.24) is 14.9 Å². The van der Waals surface area contributed by atoms with Gasteiger partial charge in [-0.25, -0.2) is 4.98 Å². The lowest BCUT2D eigenvalue weighted by atomic mass is 10.1. The Bertz CT molecular complexity index is 1290. The molecule has 5 rings (SSSR count). The first kappa shape index (κ1) is 18.9. The molecule has 2 heterocycles. The molecular weight excluding hydrogens is 395 g/mol. The second-order valence-electron chi connectivity index (χ2n) is 7.58. The third-order valence-electron chi connectivity index (χ3n) is 5.39. The number of furan rings is 1. The van der Waals surface area contributed by atoms with Crippen LogP contribution in [0.4, 0.5) is 13.2 Å². The van der Waals surface area contributed by atoms with Crippen molar-refractivity contribution in [1.29, 1.82) is 0 Å². The van der Waals surface area contributed by atoms with Gasteiger partial charge in [0.05, 0.1) is 12.1 Å². The average molecular weight is 413 g/mol. The summed E-state index contributed by atoms with van der Waals surface area (Å²) >= 11 is 0. The van der Waals surface area contributed by atoms with Gasteiger partial charge in [-0.3, -0.25) is 9.69 Å². The Hall–Kier alpha value is -3.13. The van der Waals surface area contributed by atoms with Gasteiger partial charge in [0.25, 0.3) is 5.56 Å². The van der Waals surface area contributed by atoms with E-state index in [9.17, 15) is 18.0 Å². The number of hydrogen-bond donors (Lipinski definition) is 1. The molecule has 0 aliphatic heterocycles. The molecule has 0 radical (unpaired) electrons. The Morgan fingerprint density at radius 2 is 1.80 bits per heavy atom. The molecule has 4 aromatic rings. The lowest BCUT2D eigenvalue weighted by molar-refractivity contribution is -0.138. The summed E-state index contributed by atoms with van der Waals surface area (Å²) < 4.78 is 45.8. The fourth-order valence-corrected chi connectivity index (χ4v) is 3.82. The Morgan fingerprint density at radius 1 is 1.07 bits per heavy atom. The zero-order chi connectivity index (χ0) is 20.9. The Morgan fingerprint density at radius 3 is 2.57 bits per heavy atom. The molecule has 1 saturated carbocycles. The number of H-pyrrole nitrogens is 1. The van der Waals surface area contributed by atoms with Crippen molar-refractivity contribution in [3.8, 4) is 0 Å². The molecule has 0 spiro atoms. The van der Waals surface area contributed by atoms with Crippen molar-refractivity contribution < 1.29 is 17.6 Å². The second-order valence-corrected chi connectivity index (χ2v) is 7.58. The molecular formula is C22H18F3N3O2. The number of nitrogens with zero attached hydrogens (tertiary/aromatic N) is 2. The maximum Gasteiger partial charge on any atom is 0.416 e. The number of fused-ring (bicyclic) bond motifs is 3. The zero-order valence-electron chi connectivity index (χ0n) is 15.9. The van der Waals surface area contributed by atoms with Crippen LogP contribution in [0.15, 0.2) is 57.7 Å². The van der Waals surface area contributed by atoms with Crippen LogP contribution < -0.4 is 5.56 Å². The summed E-state index contributed by atoms with van der Waals surface area (Å²) in [4.78, 5) is 21.8. The van der Waals surface area contributed by atoms with Crippen LogP contribution in [0.2, 0.25) is 0 Å². The van der Waals surface area contributed by atoms with Crippen molar-refractivity contribution in [2.45, 2.75) is 38.1 Å². The van der Waals surface area contributed by atoms with Gasteiger partial charge < -0.3 is 9.40 Å². The number of hydrogen-bond acceptors (Lipinski definition) is 4. The van der Waals surface area contributed by atoms with Gasteiger partial charge >= 0.3 is 6.18 Å². The SMILES string of the molecule is O=c1[nH]c(CN(Cc2ccccc2C(F)(F)F)C2CC2)nc2c1oc1ccccc12. The Balaban J connectivity index is 1.50. The minimum Gasteiger partial charge on any atom is -0.449 e. The standard InChI is InChI=1S/C22H18F3N3O2/c23-22(24,25)16-7-3-1-5-13(16)11-28(14-9-10-14)12-18-26-19-15-6-2-4-8-17(15)30-20(19)21(29)27-18/h1-8,14H,9-12H2,(H,26,27,29). The number of nitrogens with one attached hydrogen (secondary N) is 1. The molecule has 1 aliphatic rings. The predicted molar refractivity (Wildman–Crippen MR) is 106 cm³/mol. The molecule has 0 atom stereocenters. The van der Waals surface area contributed by atoms with Crippen LogP contribution in [-0.2, 0) is 19.3 Å². The van der Waals surface area contributed by atoms with E-state index >= 15 is 0 Å². The minimum atomic E-state index is -4.41. The van der Waals surface area contributed by atoms with E-state index in [4.69, 9.17) is 4.42 Å². The quantitative estimate of drug-likeness (QED) is 0.508. The normalized spacial score (nSPS) is 14.8. The second kappa shape index (κ2) is 6.98. The zero-order valence-corrected chi connectivity index (χ0v) is 15.9. The summed E-state index contributed by atoms with van der Waals surface area (Å²) in [5.74, 6) is 0.412. The van der Waals surface area contributed by atoms with E-state index in [-0.39, 0.29) is 30.3 Å². The number of alkyl halides is 3. The molecule has 0 unspecified atom stereocenters. The van der Waals surface area contributed by atoms with Crippen LogP contribution in [0.1, 0.15) is 29.8 Å². The highest BCUT2D eigenvalue weighted by molar-refractivity contribution is 6.01. The molecule has 1 N–H and O–H groups in total. The molecule has 0 saturated heterocycles.